The lowest BCUT2D eigenvalue weighted by atomic mass is 9.99. The first-order valence-electron chi connectivity index (χ1n) is 8.93. The van der Waals surface area contributed by atoms with E-state index in [2.05, 4.69) is 20.3 Å². The van der Waals surface area contributed by atoms with Gasteiger partial charge in [-0.05, 0) is 25.0 Å². The molecule has 0 bridgehead atoms. The molecule has 0 radical (unpaired) electrons. The molecule has 9 heteroatoms. The number of aromatic nitrogens is 3. The predicted molar refractivity (Wildman–Crippen MR) is 106 cm³/mol. The second-order valence-electron chi connectivity index (χ2n) is 7.21. The maximum atomic E-state index is 14.0. The van der Waals surface area contributed by atoms with Crippen LogP contribution in [0.1, 0.15) is 22.3 Å². The largest absolute Gasteiger partial charge is 0.354 e. The molecule has 1 fully saturated rings. The van der Waals surface area contributed by atoms with Crippen molar-refractivity contribution in [2.45, 2.75) is 18.9 Å². The number of rotatable bonds is 4. The predicted octanol–water partition coefficient (Wildman–Crippen LogP) is 2.40. The fourth-order valence-corrected chi connectivity index (χ4v) is 3.86. The number of aromatic amines is 1. The Morgan fingerprint density at radius 1 is 1.46 bits per heavy atom. The van der Waals surface area contributed by atoms with E-state index in [9.17, 15) is 9.18 Å². The third kappa shape index (κ3) is 3.29. The van der Waals surface area contributed by atoms with E-state index in [-0.39, 0.29) is 12.1 Å². The van der Waals surface area contributed by atoms with Gasteiger partial charge in [0.15, 0.2) is 0 Å². The van der Waals surface area contributed by atoms with Gasteiger partial charge in [-0.2, -0.15) is 0 Å². The van der Waals surface area contributed by atoms with Crippen molar-refractivity contribution in [3.8, 4) is 0 Å². The van der Waals surface area contributed by atoms with Crippen LogP contribution in [0.4, 0.5) is 10.2 Å². The van der Waals surface area contributed by atoms with Crippen LogP contribution < -0.4 is 16.0 Å². The average molecular weight is 403 g/mol. The molecule has 0 unspecified atom stereocenters. The van der Waals surface area contributed by atoms with Crippen LogP contribution in [0.5, 0.6) is 0 Å². The number of anilines is 1. The molecule has 0 saturated carbocycles. The van der Waals surface area contributed by atoms with Crippen LogP contribution in [0.3, 0.4) is 0 Å². The second-order valence-corrected chi connectivity index (χ2v) is 7.61. The number of carbonyl (C=O) groups is 1. The number of H-pyrrole nitrogens is 1. The Morgan fingerprint density at radius 2 is 2.29 bits per heavy atom. The van der Waals surface area contributed by atoms with E-state index in [0.717, 1.165) is 5.39 Å². The summed E-state index contributed by atoms with van der Waals surface area (Å²) in [6.07, 6.45) is 3.80. The summed E-state index contributed by atoms with van der Waals surface area (Å²) in [6.45, 7) is 3.08. The van der Waals surface area contributed by atoms with Gasteiger partial charge in [-0.3, -0.25) is 4.79 Å². The van der Waals surface area contributed by atoms with Crippen molar-refractivity contribution in [2.75, 3.05) is 24.5 Å². The summed E-state index contributed by atoms with van der Waals surface area (Å²) in [5.74, 6) is -0.293. The van der Waals surface area contributed by atoms with E-state index < -0.39 is 17.3 Å². The number of fused-ring (bicyclic) bond motifs is 1. The summed E-state index contributed by atoms with van der Waals surface area (Å²) in [5, 5.41) is 4.08. The number of halogens is 2. The molecule has 4 N–H and O–H groups in total. The zero-order valence-corrected chi connectivity index (χ0v) is 16.1. The number of nitrogens with one attached hydrogen (secondary N) is 2. The van der Waals surface area contributed by atoms with Gasteiger partial charge in [0, 0.05) is 25.8 Å². The molecule has 1 atom stereocenters. The van der Waals surface area contributed by atoms with Crippen LogP contribution in [0, 0.1) is 12.7 Å². The van der Waals surface area contributed by atoms with Crippen molar-refractivity contribution >= 4 is 34.4 Å². The lowest BCUT2D eigenvalue weighted by Gasteiger charge is -2.26. The minimum atomic E-state index is -0.658. The molecular weight excluding hydrogens is 383 g/mol. The molecule has 0 spiro atoms. The third-order valence-corrected chi connectivity index (χ3v) is 5.43. The molecule has 2 aromatic heterocycles. The average Bonchev–Trinajstić information content (AvgIpc) is 3.24. The number of nitrogens with zero attached hydrogens (tertiary/aromatic N) is 3. The molecule has 4 rings (SSSR count). The molecule has 7 nitrogen and oxygen atoms in total. The molecule has 1 aliphatic heterocycles. The van der Waals surface area contributed by atoms with E-state index in [1.54, 1.807) is 25.3 Å². The molecule has 1 saturated heterocycles. The summed E-state index contributed by atoms with van der Waals surface area (Å²) in [5.41, 5.74) is 7.15. The van der Waals surface area contributed by atoms with Gasteiger partial charge >= 0.3 is 0 Å². The molecule has 1 aliphatic rings. The fourth-order valence-electron chi connectivity index (χ4n) is 3.63. The highest BCUT2D eigenvalue weighted by Gasteiger charge is 2.36. The molecular formula is C19H20ClFN6O. The van der Waals surface area contributed by atoms with E-state index in [4.69, 9.17) is 17.3 Å². The number of nitrogens with two attached hydrogens (primary N) is 1. The first kappa shape index (κ1) is 18.6. The van der Waals surface area contributed by atoms with Crippen molar-refractivity contribution in [3.05, 3.63) is 52.7 Å². The summed E-state index contributed by atoms with van der Waals surface area (Å²) in [4.78, 5) is 26.0. The Labute approximate surface area is 166 Å². The van der Waals surface area contributed by atoms with Gasteiger partial charge in [0.05, 0.1) is 21.5 Å². The molecule has 1 aromatic carbocycles. The number of aryl methyl sites for hydroxylation is 1. The maximum Gasteiger partial charge on any atom is 0.254 e. The van der Waals surface area contributed by atoms with Crippen molar-refractivity contribution in [1.82, 2.24) is 20.3 Å². The van der Waals surface area contributed by atoms with Gasteiger partial charge in [0.1, 0.15) is 23.6 Å². The van der Waals surface area contributed by atoms with Gasteiger partial charge < -0.3 is 20.9 Å². The Bertz CT molecular complexity index is 1030. The van der Waals surface area contributed by atoms with Crippen LogP contribution >= 0.6 is 11.6 Å². The Hall–Kier alpha value is -2.71. The van der Waals surface area contributed by atoms with Gasteiger partial charge in [-0.1, -0.05) is 23.7 Å². The quantitative estimate of drug-likeness (QED) is 0.622. The molecule has 3 aromatic rings. The van der Waals surface area contributed by atoms with Crippen LogP contribution in [0.25, 0.3) is 11.0 Å². The molecule has 146 valence electrons. The molecule has 1 amide bonds. The number of amides is 1. The van der Waals surface area contributed by atoms with Crippen molar-refractivity contribution in [2.24, 2.45) is 5.73 Å². The van der Waals surface area contributed by atoms with E-state index in [1.807, 2.05) is 4.90 Å². The Morgan fingerprint density at radius 3 is 3.07 bits per heavy atom. The van der Waals surface area contributed by atoms with Crippen LogP contribution in [-0.2, 0) is 0 Å². The third-order valence-electron chi connectivity index (χ3n) is 5.14. The number of carbonyl (C=O) groups excluding carboxylic acids is 1. The molecule has 3 heterocycles. The highest BCUT2D eigenvalue weighted by molar-refractivity contribution is 6.36. The standard InChI is InChI=1S/C19H20ClFN6O/c1-11-3-2-4-13(21)14(11)18(28)24-8-19(22)5-6-27(9-19)17-15-12(20)7-23-16(15)25-10-26-17/h2-4,7,10H,5-6,8-9,22H2,1H3,(H,24,28)(H,23,25,26)/t19-/m0/s1. The van der Waals surface area contributed by atoms with E-state index in [0.29, 0.717) is 41.6 Å². The van der Waals surface area contributed by atoms with Crippen molar-refractivity contribution in [3.63, 3.8) is 0 Å². The number of hydrogen-bond donors (Lipinski definition) is 3. The minimum absolute atomic E-state index is 0.0533. The SMILES string of the molecule is Cc1cccc(F)c1C(=O)NC[C@@]1(N)CCN(c2ncnc3[nH]cc(Cl)c23)C1. The summed E-state index contributed by atoms with van der Waals surface area (Å²) in [7, 11) is 0. The Kier molecular flexibility index (Phi) is 4.68. The minimum Gasteiger partial charge on any atom is -0.354 e. The van der Waals surface area contributed by atoms with Crippen molar-refractivity contribution < 1.29 is 9.18 Å². The zero-order chi connectivity index (χ0) is 19.9. The number of benzene rings is 1. The highest BCUT2D eigenvalue weighted by Crippen LogP contribution is 2.33. The smallest absolute Gasteiger partial charge is 0.254 e. The summed E-state index contributed by atoms with van der Waals surface area (Å²) in [6, 6.07) is 4.56. The topological polar surface area (TPSA) is 99.9 Å². The lowest BCUT2D eigenvalue weighted by Crippen LogP contribution is -2.52. The van der Waals surface area contributed by atoms with Crippen LogP contribution in [0.15, 0.2) is 30.7 Å². The fraction of sp³-hybridized carbons (Fsp3) is 0.316. The summed E-state index contributed by atoms with van der Waals surface area (Å²) >= 11 is 6.27. The normalized spacial score (nSPS) is 19.4. The monoisotopic (exact) mass is 402 g/mol. The van der Waals surface area contributed by atoms with E-state index in [1.165, 1.54) is 12.4 Å². The van der Waals surface area contributed by atoms with Crippen LogP contribution in [-0.4, -0.2) is 46.0 Å². The number of hydrogen-bond acceptors (Lipinski definition) is 5. The first-order chi connectivity index (χ1) is 13.4. The van der Waals surface area contributed by atoms with Crippen molar-refractivity contribution in [1.29, 1.82) is 0 Å². The summed E-state index contributed by atoms with van der Waals surface area (Å²) < 4.78 is 14.0. The van der Waals surface area contributed by atoms with E-state index >= 15 is 0 Å². The zero-order valence-electron chi connectivity index (χ0n) is 15.3. The molecule has 0 aliphatic carbocycles. The van der Waals surface area contributed by atoms with Gasteiger partial charge in [0.2, 0.25) is 0 Å². The molecule has 28 heavy (non-hydrogen) atoms. The van der Waals surface area contributed by atoms with Gasteiger partial charge in [-0.25, -0.2) is 14.4 Å². The van der Waals surface area contributed by atoms with Gasteiger partial charge in [0.25, 0.3) is 5.91 Å². The lowest BCUT2D eigenvalue weighted by molar-refractivity contribution is 0.0940. The van der Waals surface area contributed by atoms with Gasteiger partial charge in [-0.15, -0.1) is 0 Å². The highest BCUT2D eigenvalue weighted by atomic mass is 35.5. The van der Waals surface area contributed by atoms with Crippen LogP contribution in [0.2, 0.25) is 5.02 Å². The maximum absolute atomic E-state index is 14.0. The second kappa shape index (κ2) is 7.03. The first-order valence-corrected chi connectivity index (χ1v) is 9.30. The Balaban J connectivity index is 1.48.